The first kappa shape index (κ1) is 18.5. The van der Waals surface area contributed by atoms with Gasteiger partial charge in [-0.15, -0.1) is 11.3 Å². The lowest BCUT2D eigenvalue weighted by Gasteiger charge is -2.35. The Bertz CT molecular complexity index is 764. The third-order valence-corrected chi connectivity index (χ3v) is 5.51. The van der Waals surface area contributed by atoms with Gasteiger partial charge < -0.3 is 14.2 Å². The number of carbonyl (C=O) groups is 2. The molecular weight excluding hydrogens is 348 g/mol. The van der Waals surface area contributed by atoms with Gasteiger partial charge in [0.1, 0.15) is 5.69 Å². The van der Waals surface area contributed by atoms with Gasteiger partial charge in [0.25, 0.3) is 5.91 Å². The summed E-state index contributed by atoms with van der Waals surface area (Å²) in [7, 11) is 1.88. The topological polar surface area (TPSA) is 51.5 Å². The molecule has 2 aromatic rings. The molecule has 1 aliphatic heterocycles. The van der Waals surface area contributed by atoms with E-state index in [-0.39, 0.29) is 17.9 Å². The van der Waals surface area contributed by atoms with Crippen molar-refractivity contribution in [3.8, 4) is 0 Å². The first-order valence-electron chi connectivity index (χ1n) is 8.96. The quantitative estimate of drug-likeness (QED) is 0.573. The lowest BCUT2D eigenvalue weighted by Crippen LogP contribution is -2.44. The summed E-state index contributed by atoms with van der Waals surface area (Å²) in [6, 6.07) is 7.75. The van der Waals surface area contributed by atoms with Crippen LogP contribution in [0.3, 0.4) is 0 Å². The predicted octanol–water partition coefficient (Wildman–Crippen LogP) is 3.73. The summed E-state index contributed by atoms with van der Waals surface area (Å²) in [6.45, 7) is 1.09. The van der Waals surface area contributed by atoms with Gasteiger partial charge >= 0.3 is 5.97 Å². The zero-order chi connectivity index (χ0) is 18.4. The van der Waals surface area contributed by atoms with E-state index in [4.69, 9.17) is 4.74 Å². The van der Waals surface area contributed by atoms with E-state index < -0.39 is 0 Å². The molecule has 1 aliphatic rings. The number of esters is 1. The molecule has 1 fully saturated rings. The fraction of sp³-hybridized carbons (Fsp3) is 0.400. The summed E-state index contributed by atoms with van der Waals surface area (Å²) in [6.07, 6.45) is 8.86. The molecule has 3 heterocycles. The zero-order valence-corrected chi connectivity index (χ0v) is 15.8. The van der Waals surface area contributed by atoms with E-state index in [0.29, 0.717) is 18.7 Å². The number of likely N-dealkylation sites (tertiary alicyclic amines) is 1. The van der Waals surface area contributed by atoms with E-state index >= 15 is 0 Å². The van der Waals surface area contributed by atoms with Crippen LogP contribution in [0.4, 0.5) is 0 Å². The fourth-order valence-corrected chi connectivity index (χ4v) is 3.90. The smallest absolute Gasteiger partial charge is 0.330 e. The Morgan fingerprint density at radius 2 is 2.19 bits per heavy atom. The number of aromatic nitrogens is 1. The largest absolute Gasteiger partial charge is 0.462 e. The molecule has 0 N–H and O–H groups in total. The van der Waals surface area contributed by atoms with Crippen LogP contribution in [-0.2, 0) is 16.6 Å². The first-order valence-corrected chi connectivity index (χ1v) is 9.84. The number of piperidine rings is 1. The number of carbonyl (C=O) groups excluding carboxylic acids is 2. The van der Waals surface area contributed by atoms with Gasteiger partial charge in [-0.3, -0.25) is 4.79 Å². The summed E-state index contributed by atoms with van der Waals surface area (Å²) in [5, 5.41) is 1.96. The first-order chi connectivity index (χ1) is 12.6. The molecule has 1 atom stereocenters. The van der Waals surface area contributed by atoms with Gasteiger partial charge in [0.15, 0.2) is 0 Å². The van der Waals surface area contributed by atoms with Gasteiger partial charge in [-0.2, -0.15) is 0 Å². The van der Waals surface area contributed by atoms with Crippen molar-refractivity contribution in [2.75, 3.05) is 13.2 Å². The number of hydrogen-bond acceptors (Lipinski definition) is 4. The highest BCUT2D eigenvalue weighted by atomic mass is 32.1. The number of thiophene rings is 1. The normalized spacial score (nSPS) is 17.6. The Morgan fingerprint density at radius 3 is 2.92 bits per heavy atom. The summed E-state index contributed by atoms with van der Waals surface area (Å²) in [4.78, 5) is 27.6. The summed E-state index contributed by atoms with van der Waals surface area (Å²) >= 11 is 1.57. The monoisotopic (exact) mass is 372 g/mol. The van der Waals surface area contributed by atoms with Crippen LogP contribution >= 0.6 is 11.3 Å². The highest BCUT2D eigenvalue weighted by Crippen LogP contribution is 2.22. The summed E-state index contributed by atoms with van der Waals surface area (Å²) in [5.41, 5.74) is 0.702. The Kier molecular flexibility index (Phi) is 6.28. The number of hydrogen-bond donors (Lipinski definition) is 0. The average Bonchev–Trinajstić information content (AvgIpc) is 3.31. The Balaban J connectivity index is 1.51. The van der Waals surface area contributed by atoms with Crippen molar-refractivity contribution in [3.63, 3.8) is 0 Å². The molecule has 0 bridgehead atoms. The number of rotatable bonds is 6. The minimum atomic E-state index is -0.338. The molecule has 0 saturated carbocycles. The van der Waals surface area contributed by atoms with E-state index in [1.54, 1.807) is 17.4 Å². The Hall–Kier alpha value is -2.34. The lowest BCUT2D eigenvalue weighted by molar-refractivity contribution is -0.138. The van der Waals surface area contributed by atoms with Gasteiger partial charge in [-0.05, 0) is 48.9 Å². The van der Waals surface area contributed by atoms with Gasteiger partial charge in [0, 0.05) is 43.2 Å². The second kappa shape index (κ2) is 8.85. The minimum Gasteiger partial charge on any atom is -0.462 e. The molecule has 138 valence electrons. The maximum atomic E-state index is 12.8. The zero-order valence-electron chi connectivity index (χ0n) is 15.0. The molecule has 0 aromatic carbocycles. The van der Waals surface area contributed by atoms with E-state index in [0.717, 1.165) is 30.7 Å². The van der Waals surface area contributed by atoms with Crippen LogP contribution < -0.4 is 0 Å². The molecule has 5 nitrogen and oxygen atoms in total. The Labute approximate surface area is 157 Å². The number of amides is 1. The van der Waals surface area contributed by atoms with Crippen LogP contribution in [0.1, 0.15) is 41.0 Å². The van der Waals surface area contributed by atoms with Gasteiger partial charge in [-0.25, -0.2) is 4.79 Å². The SMILES string of the molecule is Cn1cccc1C(=O)N1CCCC[C@@H]1CCOC(=O)/C=C/c1cccs1. The second-order valence-corrected chi connectivity index (χ2v) is 7.44. The molecular formula is C20H24N2O3S. The van der Waals surface area contributed by atoms with E-state index in [9.17, 15) is 9.59 Å². The van der Waals surface area contributed by atoms with Crippen LogP contribution in [0.25, 0.3) is 6.08 Å². The average molecular weight is 372 g/mol. The van der Waals surface area contributed by atoms with Crippen molar-refractivity contribution in [3.05, 3.63) is 52.5 Å². The van der Waals surface area contributed by atoms with Crippen molar-refractivity contribution in [1.82, 2.24) is 9.47 Å². The maximum absolute atomic E-state index is 12.8. The van der Waals surface area contributed by atoms with Crippen LogP contribution in [0.5, 0.6) is 0 Å². The fourth-order valence-electron chi connectivity index (χ4n) is 3.28. The lowest BCUT2D eigenvalue weighted by atomic mass is 9.99. The van der Waals surface area contributed by atoms with Crippen molar-refractivity contribution in [2.24, 2.45) is 7.05 Å². The number of aryl methyl sites for hydroxylation is 1. The van der Waals surface area contributed by atoms with Crippen molar-refractivity contribution in [1.29, 1.82) is 0 Å². The van der Waals surface area contributed by atoms with Crippen LogP contribution in [0.15, 0.2) is 41.9 Å². The molecule has 2 aromatic heterocycles. The van der Waals surface area contributed by atoms with Crippen molar-refractivity contribution < 1.29 is 14.3 Å². The molecule has 0 aliphatic carbocycles. The third-order valence-electron chi connectivity index (χ3n) is 4.67. The third kappa shape index (κ3) is 4.64. The molecule has 3 rings (SSSR count). The summed E-state index contributed by atoms with van der Waals surface area (Å²) < 4.78 is 7.17. The number of ether oxygens (including phenoxy) is 1. The highest BCUT2D eigenvalue weighted by Gasteiger charge is 2.28. The summed E-state index contributed by atoms with van der Waals surface area (Å²) in [5.74, 6) is -0.277. The van der Waals surface area contributed by atoms with Crippen LogP contribution in [-0.4, -0.2) is 40.5 Å². The molecule has 6 heteroatoms. The van der Waals surface area contributed by atoms with Crippen LogP contribution in [0.2, 0.25) is 0 Å². The predicted molar refractivity (Wildman–Crippen MR) is 103 cm³/mol. The van der Waals surface area contributed by atoms with E-state index in [1.807, 2.05) is 52.4 Å². The van der Waals surface area contributed by atoms with Gasteiger partial charge in [-0.1, -0.05) is 6.07 Å². The molecule has 1 saturated heterocycles. The number of nitrogens with zero attached hydrogens (tertiary/aromatic N) is 2. The van der Waals surface area contributed by atoms with Gasteiger partial charge in [0.2, 0.25) is 0 Å². The molecule has 0 spiro atoms. The van der Waals surface area contributed by atoms with Crippen LogP contribution in [0, 0.1) is 0 Å². The van der Waals surface area contributed by atoms with E-state index in [1.165, 1.54) is 6.08 Å². The Morgan fingerprint density at radius 1 is 1.31 bits per heavy atom. The maximum Gasteiger partial charge on any atom is 0.330 e. The minimum absolute atomic E-state index is 0.0612. The molecule has 0 unspecified atom stereocenters. The standard InChI is InChI=1S/C20H24N2O3S/c1-21-12-4-8-18(21)20(24)22-13-3-2-6-16(22)11-14-25-19(23)10-9-17-7-5-15-26-17/h4-5,7-10,12,15-16H,2-3,6,11,13-14H2,1H3/b10-9+/t16-/m1/s1. The van der Waals surface area contributed by atoms with Crippen molar-refractivity contribution in [2.45, 2.75) is 31.7 Å². The highest BCUT2D eigenvalue weighted by molar-refractivity contribution is 7.10. The van der Waals surface area contributed by atoms with Gasteiger partial charge in [0.05, 0.1) is 6.61 Å². The molecule has 1 amide bonds. The second-order valence-electron chi connectivity index (χ2n) is 6.46. The van der Waals surface area contributed by atoms with Crippen molar-refractivity contribution >= 4 is 29.3 Å². The molecule has 26 heavy (non-hydrogen) atoms. The molecule has 0 radical (unpaired) electrons. The van der Waals surface area contributed by atoms with E-state index in [2.05, 4.69) is 0 Å².